The number of ether oxygens (including phenoxy) is 4. The minimum Gasteiger partial charge on any atom is -0.459 e. The first-order valence-corrected chi connectivity index (χ1v) is 14.7. The highest BCUT2D eigenvalue weighted by molar-refractivity contribution is 7.99. The van der Waals surface area contributed by atoms with E-state index in [9.17, 15) is 19.5 Å². The molecule has 0 radical (unpaired) electrons. The summed E-state index contributed by atoms with van der Waals surface area (Å²) in [7, 11) is 0. The topological polar surface area (TPSA) is 108 Å². The largest absolute Gasteiger partial charge is 0.459 e. The summed E-state index contributed by atoms with van der Waals surface area (Å²) in [5.74, 6) is -5.00. The molecule has 1 N–H and O–H groups in total. The predicted octanol–water partition coefficient (Wildman–Crippen LogP) is 5.38. The third kappa shape index (κ3) is 6.06. The second kappa shape index (κ2) is 12.4. The van der Waals surface area contributed by atoms with Gasteiger partial charge in [-0.1, -0.05) is 84.6 Å². The second-order valence-electron chi connectivity index (χ2n) is 10.2. The molecule has 0 aromatic heterocycles. The average Bonchev–Trinajstić information content (AvgIpc) is 3.59. The fourth-order valence-corrected chi connectivity index (χ4v) is 6.53. The van der Waals surface area contributed by atoms with Crippen molar-refractivity contribution >= 4 is 29.7 Å². The molecule has 6 rings (SSSR count). The molecule has 0 amide bonds. The van der Waals surface area contributed by atoms with Crippen LogP contribution in [-0.4, -0.2) is 53.1 Å². The van der Waals surface area contributed by atoms with Gasteiger partial charge in [-0.25, -0.2) is 14.4 Å². The highest BCUT2D eigenvalue weighted by Crippen LogP contribution is 2.66. The smallest absolute Gasteiger partial charge is 0.340 e. The van der Waals surface area contributed by atoms with Gasteiger partial charge in [-0.05, 0) is 48.5 Å². The van der Waals surface area contributed by atoms with Crippen molar-refractivity contribution in [2.75, 3.05) is 6.61 Å². The molecule has 2 aliphatic rings. The first-order chi connectivity index (χ1) is 21.0. The number of aliphatic hydroxyl groups is 1. The average molecular weight is 597 g/mol. The maximum absolute atomic E-state index is 13.3. The molecule has 2 fully saturated rings. The van der Waals surface area contributed by atoms with Gasteiger partial charge in [0.25, 0.3) is 0 Å². The molecule has 6 atom stereocenters. The summed E-state index contributed by atoms with van der Waals surface area (Å²) in [6, 6.07) is 34.8. The van der Waals surface area contributed by atoms with Crippen LogP contribution in [0.2, 0.25) is 0 Å². The van der Waals surface area contributed by atoms with Crippen LogP contribution >= 0.6 is 11.8 Å². The Balaban J connectivity index is 1.28. The molecule has 1 aliphatic heterocycles. The van der Waals surface area contributed by atoms with Crippen molar-refractivity contribution < 1.29 is 38.4 Å². The minimum atomic E-state index is -1.61. The van der Waals surface area contributed by atoms with Crippen LogP contribution in [0, 0.1) is 11.8 Å². The molecule has 4 aromatic rings. The van der Waals surface area contributed by atoms with Crippen LogP contribution in [0.1, 0.15) is 31.1 Å². The third-order valence-electron chi connectivity index (χ3n) is 7.45. The van der Waals surface area contributed by atoms with Gasteiger partial charge >= 0.3 is 17.9 Å². The van der Waals surface area contributed by atoms with Crippen LogP contribution in [0.15, 0.2) is 126 Å². The lowest BCUT2D eigenvalue weighted by Crippen LogP contribution is -2.36. The van der Waals surface area contributed by atoms with E-state index < -0.39 is 53.2 Å². The van der Waals surface area contributed by atoms with Crippen LogP contribution < -0.4 is 0 Å². The normalized spacial score (nSPS) is 24.3. The van der Waals surface area contributed by atoms with Crippen molar-refractivity contribution in [2.45, 2.75) is 28.3 Å². The van der Waals surface area contributed by atoms with Crippen molar-refractivity contribution in [3.63, 3.8) is 0 Å². The summed E-state index contributed by atoms with van der Waals surface area (Å²) in [5.41, 5.74) is 0.228. The highest BCUT2D eigenvalue weighted by Gasteiger charge is 2.82. The molecule has 1 aliphatic carbocycles. The molecule has 8 nitrogen and oxygen atoms in total. The van der Waals surface area contributed by atoms with Crippen LogP contribution in [0.5, 0.6) is 0 Å². The molecular formula is C34H28O8S. The van der Waals surface area contributed by atoms with Crippen LogP contribution in [-0.2, 0) is 18.9 Å². The molecule has 4 aromatic carbocycles. The quantitative estimate of drug-likeness (QED) is 0.191. The van der Waals surface area contributed by atoms with E-state index in [4.69, 9.17) is 18.9 Å². The zero-order valence-electron chi connectivity index (χ0n) is 22.9. The summed E-state index contributed by atoms with van der Waals surface area (Å²) >= 11 is 1.32. The van der Waals surface area contributed by atoms with Crippen molar-refractivity contribution in [3.8, 4) is 0 Å². The fourth-order valence-electron chi connectivity index (χ4n) is 5.39. The lowest BCUT2D eigenvalue weighted by molar-refractivity contribution is -0.152. The third-order valence-corrected chi connectivity index (χ3v) is 8.59. The van der Waals surface area contributed by atoms with E-state index in [-0.39, 0.29) is 6.61 Å². The number of carbonyl (C=O) groups excluding carboxylic acids is 3. The van der Waals surface area contributed by atoms with Gasteiger partial charge in [0.15, 0.2) is 0 Å². The minimum absolute atomic E-state index is 0.298. The lowest BCUT2D eigenvalue weighted by Gasteiger charge is -2.26. The Morgan fingerprint density at radius 3 is 1.77 bits per heavy atom. The van der Waals surface area contributed by atoms with E-state index in [2.05, 4.69) is 0 Å². The zero-order chi connectivity index (χ0) is 29.8. The van der Waals surface area contributed by atoms with Gasteiger partial charge in [0, 0.05) is 4.90 Å². The van der Waals surface area contributed by atoms with Gasteiger partial charge in [0.2, 0.25) is 5.79 Å². The molecule has 1 saturated heterocycles. The molecule has 1 heterocycles. The number of thioether (sulfide) groups is 1. The Morgan fingerprint density at radius 1 is 0.721 bits per heavy atom. The van der Waals surface area contributed by atoms with Crippen molar-refractivity contribution in [3.05, 3.63) is 138 Å². The Labute approximate surface area is 252 Å². The summed E-state index contributed by atoms with van der Waals surface area (Å²) in [4.78, 5) is 40.0. The molecule has 218 valence electrons. The maximum atomic E-state index is 13.3. The number of rotatable bonds is 10. The number of carbonyl (C=O) groups is 3. The van der Waals surface area contributed by atoms with Gasteiger partial charge in [0.05, 0.1) is 34.6 Å². The van der Waals surface area contributed by atoms with E-state index in [0.29, 0.717) is 16.7 Å². The van der Waals surface area contributed by atoms with Gasteiger partial charge in [-0.15, -0.1) is 0 Å². The first-order valence-electron chi connectivity index (χ1n) is 13.8. The highest BCUT2D eigenvalue weighted by atomic mass is 32.2. The number of benzene rings is 4. The fraction of sp³-hybridized carbons (Fsp3) is 0.206. The Kier molecular flexibility index (Phi) is 8.29. The first kappa shape index (κ1) is 28.7. The number of aliphatic hydroxyl groups excluding tert-OH is 1. The van der Waals surface area contributed by atoms with E-state index >= 15 is 0 Å². The van der Waals surface area contributed by atoms with E-state index in [1.165, 1.54) is 11.8 Å². The van der Waals surface area contributed by atoms with Gasteiger partial charge in [0.1, 0.15) is 18.1 Å². The Hall–Kier alpha value is -4.44. The van der Waals surface area contributed by atoms with Crippen molar-refractivity contribution in [1.82, 2.24) is 0 Å². The SMILES string of the molecule is O=C(OC[C@@H](O)[C@H]1C2C(OC(=O)c3ccccc3)[C@H](Sc3ccccc3)OC21OC(=O)c1ccccc1)c1ccccc1. The molecule has 9 heteroatoms. The van der Waals surface area contributed by atoms with Crippen LogP contribution in [0.3, 0.4) is 0 Å². The summed E-state index contributed by atoms with van der Waals surface area (Å²) in [5, 5.41) is 11.3. The van der Waals surface area contributed by atoms with E-state index in [0.717, 1.165) is 4.90 Å². The van der Waals surface area contributed by atoms with E-state index in [1.54, 1.807) is 91.0 Å². The number of fused-ring (bicyclic) bond motifs is 1. The Bertz CT molecular complexity index is 1570. The number of esters is 3. The molecule has 0 spiro atoms. The molecular weight excluding hydrogens is 568 g/mol. The Morgan fingerprint density at radius 2 is 1.21 bits per heavy atom. The number of hydrogen-bond acceptors (Lipinski definition) is 9. The van der Waals surface area contributed by atoms with Crippen LogP contribution in [0.4, 0.5) is 0 Å². The molecule has 1 saturated carbocycles. The monoisotopic (exact) mass is 596 g/mol. The van der Waals surface area contributed by atoms with Gasteiger partial charge in [-0.3, -0.25) is 0 Å². The molecule has 0 bridgehead atoms. The second-order valence-corrected chi connectivity index (χ2v) is 11.4. The van der Waals surface area contributed by atoms with E-state index in [1.807, 2.05) is 30.3 Å². The van der Waals surface area contributed by atoms with Crippen molar-refractivity contribution in [1.29, 1.82) is 0 Å². The summed E-state index contributed by atoms with van der Waals surface area (Å²) in [6.45, 7) is -0.376. The van der Waals surface area contributed by atoms with Crippen molar-refractivity contribution in [2.24, 2.45) is 11.8 Å². The summed E-state index contributed by atoms with van der Waals surface area (Å²) < 4.78 is 23.9. The lowest BCUT2D eigenvalue weighted by atomic mass is 10.1. The molecule has 43 heavy (non-hydrogen) atoms. The summed E-state index contributed by atoms with van der Waals surface area (Å²) in [6.07, 6.45) is -2.17. The maximum Gasteiger partial charge on any atom is 0.340 e. The van der Waals surface area contributed by atoms with Gasteiger partial charge in [-0.2, -0.15) is 0 Å². The standard InChI is InChI=1S/C34H28O8S/c35-26(21-39-30(36)22-13-5-1-6-14-22)27-28-29(40-31(37)23-15-7-2-8-16-23)33(43-25-19-11-4-12-20-25)42-34(27,28)41-32(38)24-17-9-3-10-18-24/h1-20,26-29,33,35H,21H2/t26-,27+,28?,29?,33+,34?/m1/s1. The van der Waals surface area contributed by atoms with Crippen LogP contribution in [0.25, 0.3) is 0 Å². The van der Waals surface area contributed by atoms with Gasteiger partial charge < -0.3 is 24.1 Å². The zero-order valence-corrected chi connectivity index (χ0v) is 23.7. The molecule has 3 unspecified atom stereocenters. The number of hydrogen-bond donors (Lipinski definition) is 1. The predicted molar refractivity (Wildman–Crippen MR) is 157 cm³/mol.